The fourth-order valence-electron chi connectivity index (χ4n) is 4.17. The summed E-state index contributed by atoms with van der Waals surface area (Å²) in [7, 11) is 0. The highest BCUT2D eigenvalue weighted by molar-refractivity contribution is 8.03. The van der Waals surface area contributed by atoms with Crippen LogP contribution in [0.3, 0.4) is 0 Å². The summed E-state index contributed by atoms with van der Waals surface area (Å²) in [6.45, 7) is 0. The molecule has 3 atom stereocenters. The Hall–Kier alpha value is -3.10. The number of allylic oxidation sites excluding steroid dienone is 1. The average Bonchev–Trinajstić information content (AvgIpc) is 3.42. The first-order valence-corrected chi connectivity index (χ1v) is 13.1. The van der Waals surface area contributed by atoms with Crippen molar-refractivity contribution >= 4 is 46.3 Å². The molecule has 1 aliphatic rings. The van der Waals surface area contributed by atoms with Gasteiger partial charge in [0.2, 0.25) is 5.72 Å². The van der Waals surface area contributed by atoms with E-state index < -0.39 is 29.5 Å². The van der Waals surface area contributed by atoms with E-state index in [0.717, 1.165) is 11.3 Å². The molecule has 5 nitrogen and oxygen atoms in total. The zero-order valence-electron chi connectivity index (χ0n) is 18.8. The summed E-state index contributed by atoms with van der Waals surface area (Å²) >= 11 is 7.93. The van der Waals surface area contributed by atoms with Gasteiger partial charge in [0, 0.05) is 16.5 Å². The van der Waals surface area contributed by atoms with Crippen molar-refractivity contribution in [1.29, 1.82) is 5.26 Å². The lowest BCUT2D eigenvalue weighted by molar-refractivity contribution is -0.285. The second-order valence-corrected chi connectivity index (χ2v) is 10.5. The van der Waals surface area contributed by atoms with Gasteiger partial charge in [-0.15, -0.1) is 11.3 Å². The Morgan fingerprint density at radius 3 is 2.38 bits per heavy atom. The number of carbonyl (C=O) groups is 2. The molecule has 0 aliphatic carbocycles. The molecule has 1 aliphatic heterocycles. The lowest BCUT2D eigenvalue weighted by Gasteiger charge is -2.45. The van der Waals surface area contributed by atoms with E-state index in [1.807, 2.05) is 11.4 Å². The number of rotatable bonds is 7. The molecule has 37 heavy (non-hydrogen) atoms. The fourth-order valence-corrected chi connectivity index (χ4v) is 6.12. The number of aliphatic hydroxyl groups is 1. The predicted molar refractivity (Wildman–Crippen MR) is 136 cm³/mol. The molecule has 0 amide bonds. The zero-order chi connectivity index (χ0) is 26.8. The highest BCUT2D eigenvalue weighted by Crippen LogP contribution is 2.52. The number of nitriles is 1. The van der Waals surface area contributed by atoms with E-state index in [0.29, 0.717) is 17.3 Å². The SMILES string of the molecule is N#CC1=C(SCC(=O)c2ccccc2)NC(O)(C(F)(F)F)C(C(=O)c2cccs2)C1c1ccccc1Cl. The van der Waals surface area contributed by atoms with Crippen molar-refractivity contribution in [2.45, 2.75) is 17.8 Å². The number of carbonyl (C=O) groups excluding carboxylic acids is 2. The van der Waals surface area contributed by atoms with Gasteiger partial charge in [-0.05, 0) is 23.1 Å². The van der Waals surface area contributed by atoms with Crippen molar-refractivity contribution in [3.8, 4) is 6.07 Å². The van der Waals surface area contributed by atoms with Crippen molar-refractivity contribution in [2.75, 3.05) is 5.75 Å². The summed E-state index contributed by atoms with van der Waals surface area (Å²) in [5.41, 5.74) is -3.57. The quantitative estimate of drug-likeness (QED) is 0.334. The number of thioether (sulfide) groups is 1. The molecule has 3 unspecified atom stereocenters. The van der Waals surface area contributed by atoms with Crippen molar-refractivity contribution in [3.63, 3.8) is 0 Å². The van der Waals surface area contributed by atoms with E-state index in [1.54, 1.807) is 36.4 Å². The van der Waals surface area contributed by atoms with Gasteiger partial charge in [-0.3, -0.25) is 9.59 Å². The first-order chi connectivity index (χ1) is 17.6. The molecule has 2 heterocycles. The second-order valence-electron chi connectivity index (χ2n) is 8.14. The van der Waals surface area contributed by atoms with Gasteiger partial charge >= 0.3 is 6.18 Å². The van der Waals surface area contributed by atoms with Crippen LogP contribution in [0.25, 0.3) is 0 Å². The van der Waals surface area contributed by atoms with Crippen LogP contribution >= 0.6 is 34.7 Å². The van der Waals surface area contributed by atoms with E-state index in [2.05, 4.69) is 0 Å². The van der Waals surface area contributed by atoms with Crippen molar-refractivity contribution < 1.29 is 27.9 Å². The van der Waals surface area contributed by atoms with Crippen LogP contribution < -0.4 is 5.32 Å². The normalized spacial score (nSPS) is 21.7. The van der Waals surface area contributed by atoms with E-state index in [9.17, 15) is 33.1 Å². The monoisotopic (exact) mass is 562 g/mol. The maximum Gasteiger partial charge on any atom is 0.437 e. The molecule has 1 aromatic heterocycles. The minimum atomic E-state index is -5.33. The third-order valence-electron chi connectivity index (χ3n) is 5.93. The van der Waals surface area contributed by atoms with Gasteiger partial charge in [-0.1, -0.05) is 78.0 Å². The van der Waals surface area contributed by atoms with Gasteiger partial charge in [-0.2, -0.15) is 18.4 Å². The summed E-state index contributed by atoms with van der Waals surface area (Å²) in [5, 5.41) is 24.5. The molecule has 0 saturated heterocycles. The minimum Gasteiger partial charge on any atom is -0.363 e. The largest absolute Gasteiger partial charge is 0.437 e. The molecule has 0 radical (unpaired) electrons. The third-order valence-corrected chi connectivity index (χ3v) is 8.17. The molecule has 0 fully saturated rings. The van der Waals surface area contributed by atoms with Crippen LogP contribution in [0.4, 0.5) is 13.2 Å². The Morgan fingerprint density at radius 1 is 1.11 bits per heavy atom. The Labute approximate surface area is 223 Å². The molecule has 190 valence electrons. The highest BCUT2D eigenvalue weighted by Gasteiger charge is 2.66. The van der Waals surface area contributed by atoms with Gasteiger partial charge in [0.15, 0.2) is 11.6 Å². The van der Waals surface area contributed by atoms with Crippen molar-refractivity contribution in [3.05, 3.63) is 104 Å². The number of hydrogen-bond acceptors (Lipinski definition) is 7. The lowest BCUT2D eigenvalue weighted by atomic mass is 9.70. The lowest BCUT2D eigenvalue weighted by Crippen LogP contribution is -2.66. The van der Waals surface area contributed by atoms with E-state index in [-0.39, 0.29) is 37.6 Å². The maximum absolute atomic E-state index is 14.6. The molecule has 11 heteroatoms. The minimum absolute atomic E-state index is 0.0147. The number of nitrogens with one attached hydrogen (secondary N) is 1. The maximum atomic E-state index is 14.6. The highest BCUT2D eigenvalue weighted by atomic mass is 35.5. The molecule has 2 aromatic carbocycles. The summed E-state index contributed by atoms with van der Waals surface area (Å²) in [4.78, 5) is 26.2. The van der Waals surface area contributed by atoms with Crippen LogP contribution in [-0.2, 0) is 0 Å². The number of alkyl halides is 3. The molecular weight excluding hydrogens is 545 g/mol. The molecule has 3 aromatic rings. The first kappa shape index (κ1) is 26.9. The average molecular weight is 563 g/mol. The van der Waals surface area contributed by atoms with E-state index >= 15 is 0 Å². The summed E-state index contributed by atoms with van der Waals surface area (Å²) < 4.78 is 43.7. The Kier molecular flexibility index (Phi) is 7.80. The number of halogens is 4. The Morgan fingerprint density at radius 2 is 1.78 bits per heavy atom. The second kappa shape index (κ2) is 10.7. The summed E-state index contributed by atoms with van der Waals surface area (Å²) in [6.07, 6.45) is -5.33. The Bertz CT molecular complexity index is 1390. The molecular formula is C26H18ClF3N2O3S2. The number of benzene rings is 2. The van der Waals surface area contributed by atoms with Crippen LogP contribution in [0.15, 0.2) is 82.7 Å². The van der Waals surface area contributed by atoms with Crippen LogP contribution in [0.5, 0.6) is 0 Å². The van der Waals surface area contributed by atoms with E-state index in [4.69, 9.17) is 11.6 Å². The molecule has 0 bridgehead atoms. The van der Waals surface area contributed by atoms with Crippen LogP contribution in [0, 0.1) is 17.2 Å². The van der Waals surface area contributed by atoms with Gasteiger partial charge in [-0.25, -0.2) is 0 Å². The van der Waals surface area contributed by atoms with Gasteiger partial charge in [0.25, 0.3) is 0 Å². The number of ketones is 2. The zero-order valence-corrected chi connectivity index (χ0v) is 21.2. The fraction of sp³-hybridized carbons (Fsp3) is 0.192. The summed E-state index contributed by atoms with van der Waals surface area (Å²) in [6, 6.07) is 18.8. The molecule has 2 N–H and O–H groups in total. The number of thiophene rings is 1. The van der Waals surface area contributed by atoms with Gasteiger partial charge in [0.05, 0.1) is 33.2 Å². The van der Waals surface area contributed by atoms with Crippen molar-refractivity contribution in [1.82, 2.24) is 5.32 Å². The number of Topliss-reactive ketones (excluding diaryl/α,β-unsaturated/α-hetero) is 2. The first-order valence-electron chi connectivity index (χ1n) is 10.8. The van der Waals surface area contributed by atoms with Crippen LogP contribution in [0.2, 0.25) is 5.02 Å². The molecule has 0 spiro atoms. The van der Waals surface area contributed by atoms with Crippen LogP contribution in [0.1, 0.15) is 31.5 Å². The summed E-state index contributed by atoms with van der Waals surface area (Å²) in [5.74, 6) is -5.42. The predicted octanol–water partition coefficient (Wildman–Crippen LogP) is 6.19. The smallest absolute Gasteiger partial charge is 0.363 e. The molecule has 0 saturated carbocycles. The topological polar surface area (TPSA) is 90.2 Å². The van der Waals surface area contributed by atoms with Crippen LogP contribution in [-0.4, -0.2) is 34.3 Å². The number of nitrogens with zero attached hydrogens (tertiary/aromatic N) is 1. The molecule has 4 rings (SSSR count). The van der Waals surface area contributed by atoms with Crippen molar-refractivity contribution in [2.24, 2.45) is 5.92 Å². The third kappa shape index (κ3) is 5.18. The number of hydrogen-bond donors (Lipinski definition) is 2. The standard InChI is InChI=1S/C26H18ClF3N2O3S2/c27-18-10-5-4-9-16(18)21-17(13-31)24(37-14-19(33)15-7-2-1-3-8-15)32-25(35,26(28,29)30)22(21)23(34)20-11-6-12-36-20/h1-12,21-22,32,35H,14H2. The Balaban J connectivity index is 1.88. The van der Waals surface area contributed by atoms with Gasteiger partial charge < -0.3 is 10.4 Å². The van der Waals surface area contributed by atoms with E-state index in [1.165, 1.54) is 35.7 Å². The van der Waals surface area contributed by atoms with Gasteiger partial charge in [0.1, 0.15) is 0 Å².